The van der Waals surface area contributed by atoms with Crippen LogP contribution in [0.4, 0.5) is 19.0 Å². The van der Waals surface area contributed by atoms with Gasteiger partial charge in [0, 0.05) is 6.92 Å². The van der Waals surface area contributed by atoms with Crippen LogP contribution in [0, 0.1) is 5.82 Å². The van der Waals surface area contributed by atoms with Gasteiger partial charge in [-0.1, -0.05) is 0 Å². The maximum Gasteiger partial charge on any atom is 0.289 e. The van der Waals surface area contributed by atoms with Gasteiger partial charge in [0.2, 0.25) is 0 Å². The van der Waals surface area contributed by atoms with Gasteiger partial charge in [-0.05, 0) is 12.1 Å². The number of nitrogen functional groups attached to an aromatic ring is 1. The van der Waals surface area contributed by atoms with E-state index in [2.05, 4.69) is 4.98 Å². The first kappa shape index (κ1) is 8.83. The van der Waals surface area contributed by atoms with Crippen LogP contribution in [-0.4, -0.2) is 4.98 Å². The molecule has 0 saturated heterocycles. The summed E-state index contributed by atoms with van der Waals surface area (Å²) >= 11 is 0. The number of hydrogen-bond donors (Lipinski definition) is 1. The van der Waals surface area contributed by atoms with Gasteiger partial charge in [-0.3, -0.25) is 0 Å². The summed E-state index contributed by atoms with van der Waals surface area (Å²) in [7, 11) is 0. The highest BCUT2D eigenvalue weighted by Gasteiger charge is 2.30. The lowest BCUT2D eigenvalue weighted by Crippen LogP contribution is -2.13. The fourth-order valence-corrected chi connectivity index (χ4v) is 0.765. The minimum Gasteiger partial charge on any atom is -0.384 e. The van der Waals surface area contributed by atoms with Crippen LogP contribution in [0.25, 0.3) is 0 Å². The van der Waals surface area contributed by atoms with Crippen molar-refractivity contribution in [2.75, 3.05) is 5.73 Å². The van der Waals surface area contributed by atoms with E-state index >= 15 is 0 Å². The minimum atomic E-state index is -3.29. The van der Waals surface area contributed by atoms with E-state index < -0.39 is 17.4 Å². The molecule has 0 aliphatic rings. The highest BCUT2D eigenvalue weighted by molar-refractivity contribution is 5.31. The van der Waals surface area contributed by atoms with Crippen molar-refractivity contribution >= 4 is 5.82 Å². The van der Waals surface area contributed by atoms with E-state index in [1.54, 1.807) is 0 Å². The summed E-state index contributed by atoms with van der Waals surface area (Å²) < 4.78 is 37.7. The Hall–Kier alpha value is -1.26. The van der Waals surface area contributed by atoms with Gasteiger partial charge >= 0.3 is 0 Å². The molecule has 2 nitrogen and oxygen atoms in total. The fourth-order valence-electron chi connectivity index (χ4n) is 0.765. The number of halogens is 3. The highest BCUT2D eigenvalue weighted by atomic mass is 19.3. The molecule has 0 aliphatic heterocycles. The average molecular weight is 176 g/mol. The van der Waals surface area contributed by atoms with Gasteiger partial charge in [0.15, 0.2) is 5.82 Å². The summed E-state index contributed by atoms with van der Waals surface area (Å²) in [5, 5.41) is 0. The number of rotatable bonds is 1. The Morgan fingerprint density at radius 1 is 1.42 bits per heavy atom. The molecular weight excluding hydrogens is 169 g/mol. The molecule has 12 heavy (non-hydrogen) atoms. The van der Waals surface area contributed by atoms with Gasteiger partial charge < -0.3 is 5.73 Å². The highest BCUT2D eigenvalue weighted by Crippen LogP contribution is 2.27. The topological polar surface area (TPSA) is 38.9 Å². The Morgan fingerprint density at radius 2 is 2.00 bits per heavy atom. The molecule has 5 heteroatoms. The first-order valence-electron chi connectivity index (χ1n) is 3.21. The Labute approximate surface area is 67.2 Å². The van der Waals surface area contributed by atoms with Gasteiger partial charge in [-0.2, -0.15) is 8.78 Å². The molecule has 0 saturated carbocycles. The Balaban J connectivity index is 3.23. The summed E-state index contributed by atoms with van der Waals surface area (Å²) in [5.74, 6) is -4.45. The van der Waals surface area contributed by atoms with Gasteiger partial charge in [0.05, 0.1) is 0 Å². The van der Waals surface area contributed by atoms with Crippen molar-refractivity contribution in [1.29, 1.82) is 0 Å². The van der Waals surface area contributed by atoms with E-state index in [1.165, 1.54) is 0 Å². The lowest BCUT2D eigenvalue weighted by Gasteiger charge is -2.10. The summed E-state index contributed by atoms with van der Waals surface area (Å²) in [5.41, 5.74) is 4.20. The molecule has 1 aromatic rings. The molecular formula is C7H7F3N2. The van der Waals surface area contributed by atoms with Gasteiger partial charge in [0.25, 0.3) is 5.92 Å². The van der Waals surface area contributed by atoms with E-state index in [9.17, 15) is 13.2 Å². The van der Waals surface area contributed by atoms with E-state index in [0.29, 0.717) is 6.92 Å². The molecule has 66 valence electrons. The minimum absolute atomic E-state index is 0.118. The number of anilines is 1. The molecule has 0 aromatic carbocycles. The maximum atomic E-state index is 12.7. The molecule has 0 aliphatic carbocycles. The van der Waals surface area contributed by atoms with Crippen LogP contribution in [0.3, 0.4) is 0 Å². The predicted octanol–water partition coefficient (Wildman–Crippen LogP) is 1.91. The Morgan fingerprint density at radius 3 is 2.42 bits per heavy atom. The monoisotopic (exact) mass is 176 g/mol. The SMILES string of the molecule is CC(F)(F)c1nc(N)ccc1F. The van der Waals surface area contributed by atoms with E-state index in [4.69, 9.17) is 5.73 Å². The predicted molar refractivity (Wildman–Crippen MR) is 38.2 cm³/mol. The van der Waals surface area contributed by atoms with Crippen LogP contribution in [0.1, 0.15) is 12.6 Å². The van der Waals surface area contributed by atoms with E-state index in [0.717, 1.165) is 12.1 Å². The van der Waals surface area contributed by atoms with Crippen LogP contribution < -0.4 is 5.73 Å². The molecule has 1 aromatic heterocycles. The quantitative estimate of drug-likeness (QED) is 0.709. The van der Waals surface area contributed by atoms with Crippen LogP contribution >= 0.6 is 0 Å². The second-order valence-electron chi connectivity index (χ2n) is 2.45. The third-order valence-corrected chi connectivity index (χ3v) is 1.28. The number of hydrogen-bond acceptors (Lipinski definition) is 2. The van der Waals surface area contributed by atoms with Crippen molar-refractivity contribution in [2.45, 2.75) is 12.8 Å². The first-order chi connectivity index (χ1) is 5.41. The van der Waals surface area contributed by atoms with E-state index in [-0.39, 0.29) is 5.82 Å². The van der Waals surface area contributed by atoms with Gasteiger partial charge in [0.1, 0.15) is 11.5 Å². The van der Waals surface area contributed by atoms with Crippen molar-refractivity contribution < 1.29 is 13.2 Å². The van der Waals surface area contributed by atoms with Crippen LogP contribution in [0.2, 0.25) is 0 Å². The standard InChI is InChI=1S/C7H7F3N2/c1-7(9,10)6-4(8)2-3-5(11)12-6/h2-3H,1H3,(H2,11,12). The largest absolute Gasteiger partial charge is 0.384 e. The molecule has 0 fully saturated rings. The number of nitrogens with zero attached hydrogens (tertiary/aromatic N) is 1. The van der Waals surface area contributed by atoms with Crippen LogP contribution in [0.5, 0.6) is 0 Å². The second kappa shape index (κ2) is 2.66. The first-order valence-corrected chi connectivity index (χ1v) is 3.21. The maximum absolute atomic E-state index is 12.7. The van der Waals surface area contributed by atoms with Crippen molar-refractivity contribution in [3.8, 4) is 0 Å². The van der Waals surface area contributed by atoms with Gasteiger partial charge in [-0.15, -0.1) is 0 Å². The fraction of sp³-hybridized carbons (Fsp3) is 0.286. The number of aromatic nitrogens is 1. The van der Waals surface area contributed by atoms with Gasteiger partial charge in [-0.25, -0.2) is 9.37 Å². The number of pyridine rings is 1. The molecule has 0 spiro atoms. The lowest BCUT2D eigenvalue weighted by atomic mass is 10.2. The van der Waals surface area contributed by atoms with E-state index in [1.807, 2.05) is 0 Å². The van der Waals surface area contributed by atoms with Crippen molar-refractivity contribution in [3.05, 3.63) is 23.6 Å². The van der Waals surface area contributed by atoms with Crippen LogP contribution in [-0.2, 0) is 5.92 Å². The number of nitrogens with two attached hydrogens (primary N) is 1. The van der Waals surface area contributed by atoms with Crippen LogP contribution in [0.15, 0.2) is 12.1 Å². The molecule has 1 rings (SSSR count). The summed E-state index contributed by atoms with van der Waals surface area (Å²) in [6.07, 6.45) is 0. The number of alkyl halides is 2. The van der Waals surface area contributed by atoms with Crippen molar-refractivity contribution in [3.63, 3.8) is 0 Å². The normalized spacial score (nSPS) is 11.7. The molecule has 2 N–H and O–H groups in total. The van der Waals surface area contributed by atoms with Crippen molar-refractivity contribution in [1.82, 2.24) is 4.98 Å². The molecule has 0 amide bonds. The summed E-state index contributed by atoms with van der Waals surface area (Å²) in [6, 6.07) is 2.00. The smallest absolute Gasteiger partial charge is 0.289 e. The Kier molecular flexibility index (Phi) is 1.95. The average Bonchev–Trinajstić information content (AvgIpc) is 1.92. The molecule has 0 unspecified atom stereocenters. The zero-order valence-corrected chi connectivity index (χ0v) is 6.31. The third-order valence-electron chi connectivity index (χ3n) is 1.28. The third kappa shape index (κ3) is 1.66. The lowest BCUT2D eigenvalue weighted by molar-refractivity contribution is 0.00892. The molecule has 1 heterocycles. The molecule has 0 bridgehead atoms. The van der Waals surface area contributed by atoms with Crippen molar-refractivity contribution in [2.24, 2.45) is 0 Å². The molecule has 0 radical (unpaired) electrons. The zero-order valence-electron chi connectivity index (χ0n) is 6.31. The Bertz CT molecular complexity index is 293. The summed E-state index contributed by atoms with van der Waals surface area (Å²) in [6.45, 7) is 0.567. The molecule has 0 atom stereocenters. The zero-order chi connectivity index (χ0) is 9.35. The second-order valence-corrected chi connectivity index (χ2v) is 2.45. The summed E-state index contributed by atoms with van der Waals surface area (Å²) in [4.78, 5) is 3.20.